The fraction of sp³-hybridized carbons (Fsp3) is 0.600. The quantitative estimate of drug-likeness (QED) is 0.665. The lowest BCUT2D eigenvalue weighted by atomic mass is 10.2. The third-order valence-corrected chi connectivity index (χ3v) is 1.90. The molecule has 0 fully saturated rings. The van der Waals surface area contributed by atoms with E-state index < -0.39 is 0 Å². The molecule has 0 saturated heterocycles. The fourth-order valence-corrected chi connectivity index (χ4v) is 1.16. The Morgan fingerprint density at radius 2 is 1.93 bits per heavy atom. The van der Waals surface area contributed by atoms with Crippen LogP contribution in [0.15, 0.2) is 12.4 Å². The highest BCUT2D eigenvalue weighted by molar-refractivity contribution is 5.24. The van der Waals surface area contributed by atoms with Gasteiger partial charge in [-0.3, -0.25) is 0 Å². The molecule has 0 bridgehead atoms. The Morgan fingerprint density at radius 3 is 2.50 bits per heavy atom. The van der Waals surface area contributed by atoms with E-state index in [2.05, 4.69) is 27.5 Å². The van der Waals surface area contributed by atoms with Crippen LogP contribution < -0.4 is 10.6 Å². The summed E-state index contributed by atoms with van der Waals surface area (Å²) in [5.41, 5.74) is 1.20. The molecule has 0 atom stereocenters. The number of nitrogens with one attached hydrogen (secondary N) is 2. The molecule has 0 unspecified atom stereocenters. The molecule has 4 heteroatoms. The van der Waals surface area contributed by atoms with Gasteiger partial charge in [-0.2, -0.15) is 0 Å². The van der Waals surface area contributed by atoms with E-state index in [0.29, 0.717) is 5.95 Å². The molecule has 0 spiro atoms. The van der Waals surface area contributed by atoms with Gasteiger partial charge in [-0.25, -0.2) is 9.97 Å². The topological polar surface area (TPSA) is 49.8 Å². The molecule has 0 aliphatic heterocycles. The Balaban J connectivity index is 2.38. The molecule has 1 heterocycles. The zero-order valence-corrected chi connectivity index (χ0v) is 8.88. The first kappa shape index (κ1) is 10.9. The van der Waals surface area contributed by atoms with E-state index in [4.69, 9.17) is 0 Å². The minimum atomic E-state index is 0.708. The van der Waals surface area contributed by atoms with Gasteiger partial charge in [0.1, 0.15) is 0 Å². The molecule has 2 N–H and O–H groups in total. The van der Waals surface area contributed by atoms with E-state index in [9.17, 15) is 0 Å². The Kier molecular flexibility index (Phi) is 4.93. The summed E-state index contributed by atoms with van der Waals surface area (Å²) in [6.45, 7) is 3.92. The fourth-order valence-electron chi connectivity index (χ4n) is 1.16. The highest BCUT2D eigenvalue weighted by atomic mass is 15.1. The highest BCUT2D eigenvalue weighted by Crippen LogP contribution is 2.02. The summed E-state index contributed by atoms with van der Waals surface area (Å²) in [4.78, 5) is 8.44. The molecule has 1 aromatic heterocycles. The van der Waals surface area contributed by atoms with E-state index in [1.807, 2.05) is 19.4 Å². The van der Waals surface area contributed by atoms with E-state index >= 15 is 0 Å². The zero-order valence-electron chi connectivity index (χ0n) is 8.88. The first-order chi connectivity index (χ1) is 6.86. The summed E-state index contributed by atoms with van der Waals surface area (Å²) in [6.07, 6.45) is 5.96. The molecule has 0 aromatic carbocycles. The average Bonchev–Trinajstić information content (AvgIpc) is 2.21. The van der Waals surface area contributed by atoms with E-state index in [-0.39, 0.29) is 0 Å². The van der Waals surface area contributed by atoms with Gasteiger partial charge >= 0.3 is 0 Å². The Hall–Kier alpha value is -1.16. The second-order valence-corrected chi connectivity index (χ2v) is 3.20. The zero-order chi connectivity index (χ0) is 10.2. The number of nitrogens with zero attached hydrogens (tertiary/aromatic N) is 2. The van der Waals surface area contributed by atoms with Crippen LogP contribution in [0.3, 0.4) is 0 Å². The number of aryl methyl sites for hydroxylation is 1. The van der Waals surface area contributed by atoms with Gasteiger partial charge in [0.05, 0.1) is 0 Å². The first-order valence-corrected chi connectivity index (χ1v) is 5.06. The number of hydrogen-bond donors (Lipinski definition) is 2. The first-order valence-electron chi connectivity index (χ1n) is 5.06. The Labute approximate surface area is 85.2 Å². The standard InChI is InChI=1S/C10H18N4/c1-3-4-9-7-13-10(14-8-9)12-6-5-11-2/h7-8,11H,3-6H2,1-2H3,(H,12,13,14). The summed E-state index contributed by atoms with van der Waals surface area (Å²) < 4.78 is 0. The monoisotopic (exact) mass is 194 g/mol. The molecule has 0 amide bonds. The number of rotatable bonds is 6. The summed E-state index contributed by atoms with van der Waals surface area (Å²) in [6, 6.07) is 0. The molecule has 0 radical (unpaired) electrons. The van der Waals surface area contributed by atoms with Crippen molar-refractivity contribution in [2.45, 2.75) is 19.8 Å². The van der Waals surface area contributed by atoms with Crippen LogP contribution in [0.2, 0.25) is 0 Å². The van der Waals surface area contributed by atoms with Crippen LogP contribution in [0.25, 0.3) is 0 Å². The lowest BCUT2D eigenvalue weighted by molar-refractivity contribution is 0.816. The largest absolute Gasteiger partial charge is 0.353 e. The van der Waals surface area contributed by atoms with Crippen molar-refractivity contribution in [2.24, 2.45) is 0 Å². The third kappa shape index (κ3) is 3.70. The molecule has 0 aliphatic carbocycles. The van der Waals surface area contributed by atoms with Crippen molar-refractivity contribution in [3.8, 4) is 0 Å². The second kappa shape index (κ2) is 6.32. The van der Waals surface area contributed by atoms with Crippen molar-refractivity contribution in [3.63, 3.8) is 0 Å². The molecular formula is C10H18N4. The Morgan fingerprint density at radius 1 is 1.21 bits per heavy atom. The summed E-state index contributed by atoms with van der Waals surface area (Å²) in [5.74, 6) is 0.708. The van der Waals surface area contributed by atoms with Gasteiger partial charge in [-0.1, -0.05) is 13.3 Å². The predicted molar refractivity (Wildman–Crippen MR) is 58.4 cm³/mol. The second-order valence-electron chi connectivity index (χ2n) is 3.20. The maximum absolute atomic E-state index is 4.22. The maximum Gasteiger partial charge on any atom is 0.222 e. The average molecular weight is 194 g/mol. The van der Waals surface area contributed by atoms with Crippen LogP contribution in [-0.4, -0.2) is 30.1 Å². The van der Waals surface area contributed by atoms with Crippen molar-refractivity contribution in [3.05, 3.63) is 18.0 Å². The van der Waals surface area contributed by atoms with Gasteiger partial charge < -0.3 is 10.6 Å². The van der Waals surface area contributed by atoms with E-state index in [1.165, 1.54) is 5.56 Å². The summed E-state index contributed by atoms with van der Waals surface area (Å²) >= 11 is 0. The number of anilines is 1. The van der Waals surface area contributed by atoms with Crippen LogP contribution in [0.1, 0.15) is 18.9 Å². The van der Waals surface area contributed by atoms with Gasteiger partial charge in [-0.05, 0) is 19.0 Å². The van der Waals surface area contributed by atoms with Crippen LogP contribution in [0.4, 0.5) is 5.95 Å². The molecule has 4 nitrogen and oxygen atoms in total. The van der Waals surface area contributed by atoms with Gasteiger partial charge in [0.15, 0.2) is 0 Å². The number of aromatic nitrogens is 2. The third-order valence-electron chi connectivity index (χ3n) is 1.90. The predicted octanol–water partition coefficient (Wildman–Crippen LogP) is 1.06. The van der Waals surface area contributed by atoms with Crippen molar-refractivity contribution >= 4 is 5.95 Å². The van der Waals surface area contributed by atoms with Gasteiger partial charge in [0.2, 0.25) is 5.95 Å². The Bertz CT molecular complexity index is 245. The molecule has 78 valence electrons. The van der Waals surface area contributed by atoms with Crippen molar-refractivity contribution in [1.82, 2.24) is 15.3 Å². The summed E-state index contributed by atoms with van der Waals surface area (Å²) in [7, 11) is 1.92. The van der Waals surface area contributed by atoms with Gasteiger partial charge in [0.25, 0.3) is 0 Å². The molecule has 1 aromatic rings. The molecule has 0 aliphatic rings. The minimum Gasteiger partial charge on any atom is -0.353 e. The number of hydrogen-bond acceptors (Lipinski definition) is 4. The van der Waals surface area contributed by atoms with Crippen LogP contribution in [-0.2, 0) is 6.42 Å². The van der Waals surface area contributed by atoms with Gasteiger partial charge in [0, 0.05) is 25.5 Å². The van der Waals surface area contributed by atoms with Gasteiger partial charge in [-0.15, -0.1) is 0 Å². The highest BCUT2D eigenvalue weighted by Gasteiger charge is 1.95. The molecule has 0 saturated carbocycles. The maximum atomic E-state index is 4.22. The lowest BCUT2D eigenvalue weighted by Crippen LogP contribution is -2.18. The van der Waals surface area contributed by atoms with Crippen LogP contribution in [0.5, 0.6) is 0 Å². The van der Waals surface area contributed by atoms with Crippen molar-refractivity contribution in [1.29, 1.82) is 0 Å². The van der Waals surface area contributed by atoms with Crippen LogP contribution >= 0.6 is 0 Å². The summed E-state index contributed by atoms with van der Waals surface area (Å²) in [5, 5.41) is 6.18. The molecule has 14 heavy (non-hydrogen) atoms. The lowest BCUT2D eigenvalue weighted by Gasteiger charge is -2.04. The molecule has 1 rings (SSSR count). The van der Waals surface area contributed by atoms with Crippen molar-refractivity contribution < 1.29 is 0 Å². The normalized spacial score (nSPS) is 10.1. The minimum absolute atomic E-state index is 0.708. The van der Waals surface area contributed by atoms with Crippen LogP contribution in [0, 0.1) is 0 Å². The van der Waals surface area contributed by atoms with E-state index in [0.717, 1.165) is 25.9 Å². The SMILES string of the molecule is CCCc1cnc(NCCNC)nc1. The number of likely N-dealkylation sites (N-methyl/N-ethyl adjacent to an activating group) is 1. The van der Waals surface area contributed by atoms with Crippen molar-refractivity contribution in [2.75, 3.05) is 25.5 Å². The molecular weight excluding hydrogens is 176 g/mol. The smallest absolute Gasteiger partial charge is 0.222 e. The van der Waals surface area contributed by atoms with E-state index in [1.54, 1.807) is 0 Å².